The van der Waals surface area contributed by atoms with Gasteiger partial charge in [-0.3, -0.25) is 9.69 Å². The number of likely N-dealkylation sites (tertiary alicyclic amines) is 1. The molecule has 0 aromatic heterocycles. The van der Waals surface area contributed by atoms with Crippen LogP contribution in [-0.2, 0) is 19.3 Å². The van der Waals surface area contributed by atoms with Gasteiger partial charge in [0.15, 0.2) is 11.5 Å². The van der Waals surface area contributed by atoms with E-state index in [1.165, 1.54) is 23.3 Å². The van der Waals surface area contributed by atoms with Gasteiger partial charge in [0, 0.05) is 18.7 Å². The summed E-state index contributed by atoms with van der Waals surface area (Å²) < 4.78 is 49.4. The second-order valence-electron chi connectivity index (χ2n) is 9.24. The molecule has 0 aliphatic carbocycles. The number of amides is 1. The lowest BCUT2D eigenvalue weighted by molar-refractivity contribution is -0.137. The molecule has 4 rings (SSSR count). The summed E-state index contributed by atoms with van der Waals surface area (Å²) in [6.45, 7) is 3.10. The van der Waals surface area contributed by atoms with Crippen LogP contribution in [0, 0.1) is 0 Å². The van der Waals surface area contributed by atoms with Gasteiger partial charge in [-0.15, -0.1) is 0 Å². The lowest BCUT2D eigenvalue weighted by Crippen LogP contribution is -2.32. The standard InChI is InChI=1S/C29H31F3N2O3/c1-36-26-11-8-21(16-27(26)37-2)19-34-14-12-23(13-15-34)22-9-6-20(7-10-22)18-33-28(35)24-4-3-5-25(17-24)29(30,31)32/h3-11,16-17,23H,12-15,18-19H2,1-2H3,(H,33,35). The van der Waals surface area contributed by atoms with Gasteiger partial charge in [-0.2, -0.15) is 13.2 Å². The average Bonchev–Trinajstić information content (AvgIpc) is 2.92. The third kappa shape index (κ3) is 6.83. The molecular formula is C29H31F3N2O3. The number of alkyl halides is 3. The van der Waals surface area contributed by atoms with Crippen LogP contribution in [0.5, 0.6) is 11.5 Å². The molecular weight excluding hydrogens is 481 g/mol. The highest BCUT2D eigenvalue weighted by Gasteiger charge is 2.30. The monoisotopic (exact) mass is 512 g/mol. The Morgan fingerprint density at radius 1 is 0.919 bits per heavy atom. The lowest BCUT2D eigenvalue weighted by Gasteiger charge is -2.32. The Labute approximate surface area is 215 Å². The number of benzene rings is 3. The minimum Gasteiger partial charge on any atom is -0.493 e. The van der Waals surface area contributed by atoms with E-state index < -0.39 is 17.6 Å². The minimum atomic E-state index is -4.48. The largest absolute Gasteiger partial charge is 0.493 e. The van der Waals surface area contributed by atoms with Gasteiger partial charge in [-0.1, -0.05) is 36.4 Å². The first-order valence-corrected chi connectivity index (χ1v) is 12.2. The van der Waals surface area contributed by atoms with Crippen LogP contribution in [0.15, 0.2) is 66.7 Å². The lowest BCUT2D eigenvalue weighted by atomic mass is 9.89. The van der Waals surface area contributed by atoms with Crippen LogP contribution in [0.2, 0.25) is 0 Å². The summed E-state index contributed by atoms with van der Waals surface area (Å²) in [5.41, 5.74) is 2.51. The minimum absolute atomic E-state index is 0.00807. The molecule has 3 aromatic carbocycles. The van der Waals surface area contributed by atoms with E-state index in [2.05, 4.69) is 28.4 Å². The normalized spacial score (nSPS) is 14.8. The van der Waals surface area contributed by atoms with Crippen molar-refractivity contribution in [2.75, 3.05) is 27.3 Å². The Kier molecular flexibility index (Phi) is 8.38. The van der Waals surface area contributed by atoms with Crippen molar-refractivity contribution in [1.29, 1.82) is 0 Å². The summed E-state index contributed by atoms with van der Waals surface area (Å²) in [7, 11) is 3.27. The van der Waals surface area contributed by atoms with Crippen molar-refractivity contribution in [2.24, 2.45) is 0 Å². The molecule has 1 saturated heterocycles. The van der Waals surface area contributed by atoms with E-state index in [1.807, 2.05) is 24.3 Å². The van der Waals surface area contributed by atoms with E-state index in [-0.39, 0.29) is 12.1 Å². The second kappa shape index (κ2) is 11.7. The van der Waals surface area contributed by atoms with Crippen LogP contribution in [-0.4, -0.2) is 38.1 Å². The first-order valence-electron chi connectivity index (χ1n) is 12.2. The first kappa shape index (κ1) is 26.5. The molecule has 1 fully saturated rings. The Morgan fingerprint density at radius 3 is 2.24 bits per heavy atom. The Bertz CT molecular complexity index is 1200. The fraction of sp³-hybridized carbons (Fsp3) is 0.345. The zero-order valence-electron chi connectivity index (χ0n) is 21.0. The maximum absolute atomic E-state index is 12.9. The fourth-order valence-corrected chi connectivity index (χ4v) is 4.69. The molecule has 0 unspecified atom stereocenters. The number of rotatable bonds is 8. The van der Waals surface area contributed by atoms with Gasteiger partial charge in [0.2, 0.25) is 0 Å². The molecule has 3 aromatic rings. The van der Waals surface area contributed by atoms with Gasteiger partial charge in [-0.25, -0.2) is 0 Å². The quantitative estimate of drug-likeness (QED) is 0.400. The first-order chi connectivity index (χ1) is 17.8. The fourth-order valence-electron chi connectivity index (χ4n) is 4.69. The van der Waals surface area contributed by atoms with E-state index >= 15 is 0 Å². The summed E-state index contributed by atoms with van der Waals surface area (Å²) in [5.74, 6) is 1.40. The van der Waals surface area contributed by atoms with Crippen LogP contribution >= 0.6 is 0 Å². The summed E-state index contributed by atoms with van der Waals surface area (Å²) in [5, 5.41) is 2.71. The third-order valence-corrected chi connectivity index (χ3v) is 6.80. The molecule has 1 aliphatic rings. The molecule has 0 saturated carbocycles. The maximum atomic E-state index is 12.9. The Morgan fingerprint density at radius 2 is 1.59 bits per heavy atom. The van der Waals surface area contributed by atoms with Gasteiger partial charge in [0.05, 0.1) is 19.8 Å². The number of nitrogens with one attached hydrogen (secondary N) is 1. The molecule has 1 N–H and O–H groups in total. The zero-order valence-corrected chi connectivity index (χ0v) is 21.0. The second-order valence-corrected chi connectivity index (χ2v) is 9.24. The zero-order chi connectivity index (χ0) is 26.4. The average molecular weight is 513 g/mol. The predicted molar refractivity (Wildman–Crippen MR) is 136 cm³/mol. The number of carbonyl (C=O) groups is 1. The highest BCUT2D eigenvalue weighted by molar-refractivity contribution is 5.94. The highest BCUT2D eigenvalue weighted by atomic mass is 19.4. The van der Waals surface area contributed by atoms with Crippen molar-refractivity contribution in [1.82, 2.24) is 10.2 Å². The molecule has 37 heavy (non-hydrogen) atoms. The maximum Gasteiger partial charge on any atom is 0.416 e. The van der Waals surface area contributed by atoms with Crippen molar-refractivity contribution < 1.29 is 27.4 Å². The smallest absolute Gasteiger partial charge is 0.416 e. The Balaban J connectivity index is 1.27. The van der Waals surface area contributed by atoms with Gasteiger partial charge < -0.3 is 14.8 Å². The number of ether oxygens (including phenoxy) is 2. The van der Waals surface area contributed by atoms with Gasteiger partial charge >= 0.3 is 6.18 Å². The van der Waals surface area contributed by atoms with E-state index in [4.69, 9.17) is 9.47 Å². The molecule has 5 nitrogen and oxygen atoms in total. The molecule has 0 spiro atoms. The summed E-state index contributed by atoms with van der Waals surface area (Å²) in [4.78, 5) is 14.8. The molecule has 0 bridgehead atoms. The van der Waals surface area contributed by atoms with Crippen molar-refractivity contribution in [2.45, 2.75) is 38.0 Å². The topological polar surface area (TPSA) is 50.8 Å². The Hall–Kier alpha value is -3.52. The van der Waals surface area contributed by atoms with E-state index in [1.54, 1.807) is 14.2 Å². The van der Waals surface area contributed by atoms with Crippen molar-refractivity contribution in [3.8, 4) is 11.5 Å². The molecule has 196 valence electrons. The van der Waals surface area contributed by atoms with Gasteiger partial charge in [0.1, 0.15) is 0 Å². The number of halogens is 3. The predicted octanol–water partition coefficient (Wildman–Crippen LogP) is 6.03. The molecule has 1 amide bonds. The van der Waals surface area contributed by atoms with Crippen LogP contribution < -0.4 is 14.8 Å². The van der Waals surface area contributed by atoms with E-state index in [0.717, 1.165) is 61.7 Å². The third-order valence-electron chi connectivity index (χ3n) is 6.80. The number of methoxy groups -OCH3 is 2. The van der Waals surface area contributed by atoms with E-state index in [9.17, 15) is 18.0 Å². The molecule has 0 atom stereocenters. The summed E-state index contributed by atoms with van der Waals surface area (Å²) in [6, 6.07) is 18.6. The highest BCUT2D eigenvalue weighted by Crippen LogP contribution is 2.32. The number of nitrogens with zero attached hydrogens (tertiary/aromatic N) is 1. The van der Waals surface area contributed by atoms with Crippen LogP contribution in [0.4, 0.5) is 13.2 Å². The molecule has 1 heterocycles. The van der Waals surface area contributed by atoms with E-state index in [0.29, 0.717) is 5.92 Å². The number of hydrogen-bond acceptors (Lipinski definition) is 4. The van der Waals surface area contributed by atoms with Crippen molar-refractivity contribution >= 4 is 5.91 Å². The van der Waals surface area contributed by atoms with Crippen molar-refractivity contribution in [3.63, 3.8) is 0 Å². The molecule has 0 radical (unpaired) electrons. The summed E-state index contributed by atoms with van der Waals surface area (Å²) >= 11 is 0. The SMILES string of the molecule is COc1ccc(CN2CCC(c3ccc(CNC(=O)c4cccc(C(F)(F)F)c4)cc3)CC2)cc1OC. The van der Waals surface area contributed by atoms with Crippen LogP contribution in [0.25, 0.3) is 0 Å². The van der Waals surface area contributed by atoms with Gasteiger partial charge in [-0.05, 0) is 78.9 Å². The van der Waals surface area contributed by atoms with Crippen LogP contribution in [0.3, 0.4) is 0 Å². The summed E-state index contributed by atoms with van der Waals surface area (Å²) in [6.07, 6.45) is -2.37. The van der Waals surface area contributed by atoms with Gasteiger partial charge in [0.25, 0.3) is 5.91 Å². The molecule has 1 aliphatic heterocycles. The number of hydrogen-bond donors (Lipinski definition) is 1. The number of piperidine rings is 1. The molecule has 8 heteroatoms. The van der Waals surface area contributed by atoms with Crippen LogP contribution in [0.1, 0.15) is 51.4 Å². The number of carbonyl (C=O) groups excluding carboxylic acids is 1. The van der Waals surface area contributed by atoms with Crippen molar-refractivity contribution in [3.05, 3.63) is 94.5 Å².